The topological polar surface area (TPSA) is 48.3 Å². The van der Waals surface area contributed by atoms with Crippen LogP contribution in [0.2, 0.25) is 0 Å². The summed E-state index contributed by atoms with van der Waals surface area (Å²) in [5.74, 6) is 0. The molecule has 0 radical (unpaired) electrons. The second kappa shape index (κ2) is 6.95. The van der Waals surface area contributed by atoms with Crippen LogP contribution in [0, 0.1) is 11.3 Å². The highest BCUT2D eigenvalue weighted by molar-refractivity contribution is 5.05. The third-order valence-electron chi connectivity index (χ3n) is 3.14. The van der Waals surface area contributed by atoms with Gasteiger partial charge >= 0.3 is 0 Å². The minimum atomic E-state index is -0.455. The van der Waals surface area contributed by atoms with Crippen molar-refractivity contribution in [2.75, 3.05) is 33.3 Å². The van der Waals surface area contributed by atoms with Gasteiger partial charge in [0.15, 0.2) is 0 Å². The molecule has 0 amide bonds. The van der Waals surface area contributed by atoms with E-state index in [0.717, 1.165) is 39.1 Å². The molecule has 0 aliphatic carbocycles. The van der Waals surface area contributed by atoms with Crippen molar-refractivity contribution < 1.29 is 4.74 Å². The SMILES string of the molecule is CCCNC(C)(C#N)CN(C)CC1CCCO1. The monoisotopic (exact) mass is 239 g/mol. The van der Waals surface area contributed by atoms with Gasteiger partial charge in [0, 0.05) is 19.7 Å². The highest BCUT2D eigenvalue weighted by atomic mass is 16.5. The zero-order valence-corrected chi connectivity index (χ0v) is 11.3. The molecule has 0 saturated carbocycles. The summed E-state index contributed by atoms with van der Waals surface area (Å²) in [6.45, 7) is 7.52. The summed E-state index contributed by atoms with van der Waals surface area (Å²) in [7, 11) is 2.06. The van der Waals surface area contributed by atoms with E-state index in [1.165, 1.54) is 6.42 Å². The van der Waals surface area contributed by atoms with E-state index >= 15 is 0 Å². The first-order chi connectivity index (χ1) is 8.09. The Kier molecular flexibility index (Phi) is 5.90. The van der Waals surface area contributed by atoms with Crippen LogP contribution in [0.25, 0.3) is 0 Å². The fraction of sp³-hybridized carbons (Fsp3) is 0.923. The highest BCUT2D eigenvalue weighted by Crippen LogP contribution is 2.14. The van der Waals surface area contributed by atoms with Gasteiger partial charge in [0.05, 0.1) is 12.2 Å². The summed E-state index contributed by atoms with van der Waals surface area (Å²) >= 11 is 0. The molecule has 4 nitrogen and oxygen atoms in total. The minimum Gasteiger partial charge on any atom is -0.377 e. The van der Waals surface area contributed by atoms with Gasteiger partial charge in [-0.2, -0.15) is 5.26 Å². The second-order valence-corrected chi connectivity index (χ2v) is 5.20. The van der Waals surface area contributed by atoms with Crippen molar-refractivity contribution in [2.24, 2.45) is 0 Å². The summed E-state index contributed by atoms with van der Waals surface area (Å²) in [5, 5.41) is 12.6. The van der Waals surface area contributed by atoms with Crippen molar-refractivity contribution in [1.29, 1.82) is 5.26 Å². The smallest absolute Gasteiger partial charge is 0.116 e. The van der Waals surface area contributed by atoms with E-state index in [1.54, 1.807) is 0 Å². The number of ether oxygens (including phenoxy) is 1. The summed E-state index contributed by atoms with van der Waals surface area (Å²) in [5.41, 5.74) is -0.455. The van der Waals surface area contributed by atoms with Crippen molar-refractivity contribution in [3.05, 3.63) is 0 Å². The van der Waals surface area contributed by atoms with Gasteiger partial charge in [0.2, 0.25) is 0 Å². The lowest BCUT2D eigenvalue weighted by molar-refractivity contribution is 0.0761. The standard InChI is InChI=1S/C13H25N3O/c1-4-7-15-13(2,10-14)11-16(3)9-12-6-5-8-17-12/h12,15H,4-9,11H2,1-3H3. The molecule has 0 spiro atoms. The van der Waals surface area contributed by atoms with E-state index < -0.39 is 5.54 Å². The Hall–Kier alpha value is -0.630. The Morgan fingerprint density at radius 2 is 2.35 bits per heavy atom. The Morgan fingerprint density at radius 3 is 2.88 bits per heavy atom. The second-order valence-electron chi connectivity index (χ2n) is 5.20. The van der Waals surface area contributed by atoms with Gasteiger partial charge in [-0.15, -0.1) is 0 Å². The Bertz CT molecular complexity index is 258. The molecular formula is C13H25N3O. The van der Waals surface area contributed by atoms with E-state index in [0.29, 0.717) is 6.10 Å². The molecule has 4 heteroatoms. The number of nitrogens with zero attached hydrogens (tertiary/aromatic N) is 2. The number of rotatable bonds is 7. The maximum absolute atomic E-state index is 9.25. The van der Waals surface area contributed by atoms with Crippen LogP contribution in [-0.4, -0.2) is 49.8 Å². The fourth-order valence-corrected chi connectivity index (χ4v) is 2.27. The first-order valence-corrected chi connectivity index (χ1v) is 6.56. The van der Waals surface area contributed by atoms with E-state index in [4.69, 9.17) is 4.74 Å². The van der Waals surface area contributed by atoms with Crippen LogP contribution in [0.5, 0.6) is 0 Å². The third-order valence-corrected chi connectivity index (χ3v) is 3.14. The van der Waals surface area contributed by atoms with Crippen molar-refractivity contribution in [2.45, 2.75) is 44.8 Å². The molecule has 2 unspecified atom stereocenters. The first kappa shape index (κ1) is 14.4. The predicted octanol–water partition coefficient (Wildman–Crippen LogP) is 1.38. The summed E-state index contributed by atoms with van der Waals surface area (Å²) < 4.78 is 5.61. The first-order valence-electron chi connectivity index (χ1n) is 6.56. The maximum Gasteiger partial charge on any atom is 0.116 e. The number of nitriles is 1. The molecule has 0 aromatic heterocycles. The molecule has 1 rings (SSSR count). The zero-order chi connectivity index (χ0) is 12.7. The molecule has 0 aromatic carbocycles. The minimum absolute atomic E-state index is 0.356. The molecule has 98 valence electrons. The molecule has 1 N–H and O–H groups in total. The highest BCUT2D eigenvalue weighted by Gasteiger charge is 2.26. The van der Waals surface area contributed by atoms with Crippen molar-refractivity contribution in [1.82, 2.24) is 10.2 Å². The Morgan fingerprint density at radius 1 is 1.59 bits per heavy atom. The summed E-state index contributed by atoms with van der Waals surface area (Å²) in [6.07, 6.45) is 3.72. The van der Waals surface area contributed by atoms with Gasteiger partial charge in [-0.25, -0.2) is 0 Å². The van der Waals surface area contributed by atoms with Gasteiger partial charge in [0.25, 0.3) is 0 Å². The van der Waals surface area contributed by atoms with Gasteiger partial charge in [0.1, 0.15) is 5.54 Å². The number of likely N-dealkylation sites (N-methyl/N-ethyl adjacent to an activating group) is 1. The molecule has 1 aliphatic rings. The number of hydrogen-bond donors (Lipinski definition) is 1. The summed E-state index contributed by atoms with van der Waals surface area (Å²) in [6, 6.07) is 2.38. The third kappa shape index (κ3) is 5.03. The van der Waals surface area contributed by atoms with Crippen LogP contribution in [0.1, 0.15) is 33.1 Å². The molecule has 1 aliphatic heterocycles. The molecule has 1 saturated heterocycles. The van der Waals surface area contributed by atoms with E-state index in [1.807, 2.05) is 6.92 Å². The lowest BCUT2D eigenvalue weighted by atomic mass is 10.0. The van der Waals surface area contributed by atoms with Gasteiger partial charge in [-0.1, -0.05) is 6.92 Å². The molecule has 2 atom stereocenters. The Labute approximate surface area is 105 Å². The van der Waals surface area contributed by atoms with E-state index in [2.05, 4.69) is 30.3 Å². The van der Waals surface area contributed by atoms with Crippen molar-refractivity contribution in [3.63, 3.8) is 0 Å². The van der Waals surface area contributed by atoms with Gasteiger partial charge in [-0.05, 0) is 39.8 Å². The van der Waals surface area contributed by atoms with Gasteiger partial charge < -0.3 is 9.64 Å². The lowest BCUT2D eigenvalue weighted by Gasteiger charge is -2.30. The molecule has 0 bridgehead atoms. The predicted molar refractivity (Wildman–Crippen MR) is 68.8 cm³/mol. The number of hydrogen-bond acceptors (Lipinski definition) is 4. The largest absolute Gasteiger partial charge is 0.377 e. The van der Waals surface area contributed by atoms with Crippen molar-refractivity contribution >= 4 is 0 Å². The maximum atomic E-state index is 9.25. The van der Waals surface area contributed by atoms with Gasteiger partial charge in [-0.3, -0.25) is 5.32 Å². The lowest BCUT2D eigenvalue weighted by Crippen LogP contribution is -2.50. The van der Waals surface area contributed by atoms with Crippen LogP contribution >= 0.6 is 0 Å². The molecule has 0 aromatic rings. The molecule has 17 heavy (non-hydrogen) atoms. The van der Waals surface area contributed by atoms with E-state index in [9.17, 15) is 5.26 Å². The van der Waals surface area contributed by atoms with Crippen LogP contribution < -0.4 is 5.32 Å². The van der Waals surface area contributed by atoms with Crippen molar-refractivity contribution in [3.8, 4) is 6.07 Å². The normalized spacial score (nSPS) is 23.6. The van der Waals surface area contributed by atoms with Crippen LogP contribution in [0.4, 0.5) is 0 Å². The Balaban J connectivity index is 2.35. The summed E-state index contributed by atoms with van der Waals surface area (Å²) in [4.78, 5) is 2.20. The molecule has 1 fully saturated rings. The van der Waals surface area contributed by atoms with E-state index in [-0.39, 0.29) is 0 Å². The number of nitrogens with one attached hydrogen (secondary N) is 1. The molecular weight excluding hydrogens is 214 g/mol. The van der Waals surface area contributed by atoms with Crippen LogP contribution in [-0.2, 0) is 4.74 Å². The average Bonchev–Trinajstić information content (AvgIpc) is 2.79. The molecule has 1 heterocycles. The zero-order valence-electron chi connectivity index (χ0n) is 11.3. The van der Waals surface area contributed by atoms with Crippen LogP contribution in [0.3, 0.4) is 0 Å². The quantitative estimate of drug-likeness (QED) is 0.729. The average molecular weight is 239 g/mol. The fourth-order valence-electron chi connectivity index (χ4n) is 2.27. The van der Waals surface area contributed by atoms with Crippen LogP contribution in [0.15, 0.2) is 0 Å².